The van der Waals surface area contributed by atoms with E-state index in [1.54, 1.807) is 14.0 Å². The first-order chi connectivity index (χ1) is 5.74. The molecule has 0 fully saturated rings. The first kappa shape index (κ1) is 11.4. The summed E-state index contributed by atoms with van der Waals surface area (Å²) < 4.78 is 10.0. The second kappa shape index (κ2) is 7.10. The maximum Gasteiger partial charge on any atom is 0.305 e. The number of hydrogen-bond donors (Lipinski definition) is 0. The Morgan fingerprint density at radius 2 is 2.08 bits per heavy atom. The normalized spacial score (nSPS) is 12.6. The molecule has 0 aromatic rings. The molecule has 72 valence electrons. The van der Waals surface area contributed by atoms with Gasteiger partial charge in [0.2, 0.25) is 0 Å². The zero-order valence-electron chi connectivity index (χ0n) is 8.13. The fourth-order valence-corrected chi connectivity index (χ4v) is 0.865. The van der Waals surface area contributed by atoms with Gasteiger partial charge >= 0.3 is 5.97 Å². The largest absolute Gasteiger partial charge is 0.462 e. The van der Waals surface area contributed by atoms with Crippen LogP contribution in [-0.4, -0.2) is 25.8 Å². The Labute approximate surface area is 74.0 Å². The first-order valence-corrected chi connectivity index (χ1v) is 4.43. The summed E-state index contributed by atoms with van der Waals surface area (Å²) in [5, 5.41) is 0. The number of carbonyl (C=O) groups excluding carboxylic acids is 1. The summed E-state index contributed by atoms with van der Waals surface area (Å²) in [7, 11) is 1.65. The second-order valence-corrected chi connectivity index (χ2v) is 2.66. The van der Waals surface area contributed by atoms with E-state index in [0.29, 0.717) is 13.0 Å². The number of esters is 1. The van der Waals surface area contributed by atoms with E-state index in [9.17, 15) is 4.79 Å². The standard InChI is InChI=1S/C9H18O3/c1-4-8(6-7-11-3)12-9(10)5-2/h8H,4-7H2,1-3H3. The quantitative estimate of drug-likeness (QED) is 0.575. The van der Waals surface area contributed by atoms with Gasteiger partial charge in [-0.15, -0.1) is 0 Å². The average molecular weight is 174 g/mol. The smallest absolute Gasteiger partial charge is 0.305 e. The molecule has 0 aliphatic heterocycles. The van der Waals surface area contributed by atoms with Crippen molar-refractivity contribution in [3.05, 3.63) is 0 Å². The molecule has 0 heterocycles. The van der Waals surface area contributed by atoms with Gasteiger partial charge in [-0.05, 0) is 6.42 Å². The Morgan fingerprint density at radius 3 is 2.50 bits per heavy atom. The maximum absolute atomic E-state index is 10.9. The van der Waals surface area contributed by atoms with E-state index in [-0.39, 0.29) is 12.1 Å². The lowest BCUT2D eigenvalue weighted by atomic mass is 10.2. The molecule has 3 heteroatoms. The molecule has 0 aliphatic rings. The summed E-state index contributed by atoms with van der Waals surface area (Å²) >= 11 is 0. The van der Waals surface area contributed by atoms with Crippen molar-refractivity contribution in [1.29, 1.82) is 0 Å². The van der Waals surface area contributed by atoms with Crippen LogP contribution in [0.15, 0.2) is 0 Å². The van der Waals surface area contributed by atoms with Gasteiger partial charge in [0.25, 0.3) is 0 Å². The van der Waals surface area contributed by atoms with Crippen LogP contribution < -0.4 is 0 Å². The number of methoxy groups -OCH3 is 1. The van der Waals surface area contributed by atoms with E-state index in [2.05, 4.69) is 0 Å². The molecule has 0 saturated carbocycles. The molecule has 0 saturated heterocycles. The summed E-state index contributed by atoms with van der Waals surface area (Å²) in [5.74, 6) is -0.127. The molecule has 0 aliphatic carbocycles. The van der Waals surface area contributed by atoms with Crippen molar-refractivity contribution in [3.8, 4) is 0 Å². The molecule has 0 aromatic carbocycles. The predicted molar refractivity (Wildman–Crippen MR) is 47.0 cm³/mol. The van der Waals surface area contributed by atoms with Gasteiger partial charge in [0.05, 0.1) is 0 Å². The highest BCUT2D eigenvalue weighted by molar-refractivity contribution is 5.69. The van der Waals surface area contributed by atoms with Crippen LogP contribution in [0.4, 0.5) is 0 Å². The molecule has 0 radical (unpaired) electrons. The third-order valence-corrected chi connectivity index (χ3v) is 1.69. The Morgan fingerprint density at radius 1 is 1.42 bits per heavy atom. The summed E-state index contributed by atoms with van der Waals surface area (Å²) in [5.41, 5.74) is 0. The van der Waals surface area contributed by atoms with Crippen molar-refractivity contribution in [1.82, 2.24) is 0 Å². The van der Waals surface area contributed by atoms with Crippen LogP contribution >= 0.6 is 0 Å². The number of carbonyl (C=O) groups is 1. The molecule has 0 bridgehead atoms. The van der Waals surface area contributed by atoms with E-state index < -0.39 is 0 Å². The number of hydrogen-bond acceptors (Lipinski definition) is 3. The lowest BCUT2D eigenvalue weighted by molar-refractivity contribution is -0.149. The van der Waals surface area contributed by atoms with E-state index in [0.717, 1.165) is 12.8 Å². The third-order valence-electron chi connectivity index (χ3n) is 1.69. The molecule has 1 unspecified atom stereocenters. The fraction of sp³-hybridized carbons (Fsp3) is 0.889. The number of ether oxygens (including phenoxy) is 2. The van der Waals surface area contributed by atoms with Crippen LogP contribution in [0.25, 0.3) is 0 Å². The monoisotopic (exact) mass is 174 g/mol. The molecule has 12 heavy (non-hydrogen) atoms. The SMILES string of the molecule is CCC(=O)OC(CC)CCOC. The Balaban J connectivity index is 3.59. The third kappa shape index (κ3) is 5.13. The summed E-state index contributed by atoms with van der Waals surface area (Å²) in [4.78, 5) is 10.9. The fourth-order valence-electron chi connectivity index (χ4n) is 0.865. The Hall–Kier alpha value is -0.570. The molecular formula is C9H18O3. The van der Waals surface area contributed by atoms with Crippen molar-refractivity contribution in [2.45, 2.75) is 39.2 Å². The molecule has 0 amide bonds. The van der Waals surface area contributed by atoms with Crippen molar-refractivity contribution in [2.75, 3.05) is 13.7 Å². The molecule has 0 rings (SSSR count). The predicted octanol–water partition coefficient (Wildman–Crippen LogP) is 1.75. The van der Waals surface area contributed by atoms with Gasteiger partial charge in [-0.2, -0.15) is 0 Å². The van der Waals surface area contributed by atoms with E-state index >= 15 is 0 Å². The highest BCUT2D eigenvalue weighted by Gasteiger charge is 2.09. The first-order valence-electron chi connectivity index (χ1n) is 4.43. The Bertz CT molecular complexity index is 123. The molecule has 1 atom stereocenters. The molecule has 0 aromatic heterocycles. The van der Waals surface area contributed by atoms with E-state index in [4.69, 9.17) is 9.47 Å². The van der Waals surface area contributed by atoms with Crippen molar-refractivity contribution < 1.29 is 14.3 Å². The van der Waals surface area contributed by atoms with Gasteiger partial charge in [-0.1, -0.05) is 13.8 Å². The number of rotatable bonds is 6. The molecule has 0 spiro atoms. The minimum Gasteiger partial charge on any atom is -0.462 e. The van der Waals surface area contributed by atoms with Gasteiger partial charge in [0.15, 0.2) is 0 Å². The minimum atomic E-state index is -0.127. The summed E-state index contributed by atoms with van der Waals surface area (Å²) in [6, 6.07) is 0. The van der Waals surface area contributed by atoms with Crippen LogP contribution in [-0.2, 0) is 14.3 Å². The zero-order valence-corrected chi connectivity index (χ0v) is 8.13. The average Bonchev–Trinajstić information content (AvgIpc) is 2.11. The van der Waals surface area contributed by atoms with Crippen molar-refractivity contribution in [2.24, 2.45) is 0 Å². The van der Waals surface area contributed by atoms with Crippen LogP contribution in [0.2, 0.25) is 0 Å². The van der Waals surface area contributed by atoms with E-state index in [1.165, 1.54) is 0 Å². The van der Waals surface area contributed by atoms with Gasteiger partial charge in [-0.3, -0.25) is 4.79 Å². The topological polar surface area (TPSA) is 35.5 Å². The van der Waals surface area contributed by atoms with E-state index in [1.807, 2.05) is 6.92 Å². The highest BCUT2D eigenvalue weighted by Crippen LogP contribution is 2.04. The molecule has 0 N–H and O–H groups in total. The molecular weight excluding hydrogens is 156 g/mol. The van der Waals surface area contributed by atoms with Crippen LogP contribution in [0, 0.1) is 0 Å². The molecule has 3 nitrogen and oxygen atoms in total. The minimum absolute atomic E-state index is 0.0254. The van der Waals surface area contributed by atoms with Crippen molar-refractivity contribution in [3.63, 3.8) is 0 Å². The van der Waals surface area contributed by atoms with Gasteiger partial charge in [0, 0.05) is 26.6 Å². The van der Waals surface area contributed by atoms with Gasteiger partial charge < -0.3 is 9.47 Å². The van der Waals surface area contributed by atoms with Gasteiger partial charge in [0.1, 0.15) is 6.10 Å². The zero-order chi connectivity index (χ0) is 9.40. The van der Waals surface area contributed by atoms with Crippen LogP contribution in [0.3, 0.4) is 0 Å². The van der Waals surface area contributed by atoms with Gasteiger partial charge in [-0.25, -0.2) is 0 Å². The lowest BCUT2D eigenvalue weighted by Gasteiger charge is -2.14. The summed E-state index contributed by atoms with van der Waals surface area (Å²) in [6.45, 7) is 4.45. The Kier molecular flexibility index (Phi) is 6.76. The highest BCUT2D eigenvalue weighted by atomic mass is 16.5. The summed E-state index contributed by atoms with van der Waals surface area (Å²) in [6.07, 6.45) is 2.12. The van der Waals surface area contributed by atoms with Crippen LogP contribution in [0.5, 0.6) is 0 Å². The maximum atomic E-state index is 10.9. The van der Waals surface area contributed by atoms with Crippen LogP contribution in [0.1, 0.15) is 33.1 Å². The lowest BCUT2D eigenvalue weighted by Crippen LogP contribution is -2.18. The second-order valence-electron chi connectivity index (χ2n) is 2.66. The van der Waals surface area contributed by atoms with Crippen molar-refractivity contribution >= 4 is 5.97 Å².